The van der Waals surface area contributed by atoms with Crippen LogP contribution in [0.15, 0.2) is 12.1 Å². The minimum absolute atomic E-state index is 0.149. The van der Waals surface area contributed by atoms with Crippen molar-refractivity contribution in [3.8, 4) is 0 Å². The molecule has 1 unspecified atom stereocenters. The smallest absolute Gasteiger partial charge is 0.257 e. The molecule has 0 saturated carbocycles. The average Bonchev–Trinajstić information content (AvgIpc) is 2.32. The standard InChI is InChI=1S/C12H15F2NO3/c1-7-3-4-8(13)9(10(7)14)11(17)15-5-12(2,18)6-16/h3-4,16,18H,5-6H2,1-2H3,(H,15,17). The van der Waals surface area contributed by atoms with Crippen molar-refractivity contribution in [1.29, 1.82) is 0 Å². The van der Waals surface area contributed by atoms with E-state index in [0.29, 0.717) is 0 Å². The molecule has 0 heterocycles. The molecule has 100 valence electrons. The monoisotopic (exact) mass is 259 g/mol. The zero-order valence-electron chi connectivity index (χ0n) is 10.1. The van der Waals surface area contributed by atoms with E-state index < -0.39 is 35.3 Å². The summed E-state index contributed by atoms with van der Waals surface area (Å²) in [5.41, 5.74) is -2.08. The number of hydrogen-bond donors (Lipinski definition) is 3. The third-order valence-corrected chi connectivity index (χ3v) is 2.48. The fraction of sp³-hybridized carbons (Fsp3) is 0.417. The maximum absolute atomic E-state index is 13.6. The van der Waals surface area contributed by atoms with Crippen LogP contribution in [0, 0.1) is 18.6 Å². The van der Waals surface area contributed by atoms with Gasteiger partial charge in [-0.1, -0.05) is 6.07 Å². The lowest BCUT2D eigenvalue weighted by Crippen LogP contribution is -2.43. The highest BCUT2D eigenvalue weighted by molar-refractivity contribution is 5.95. The summed E-state index contributed by atoms with van der Waals surface area (Å²) in [6.07, 6.45) is 0. The summed E-state index contributed by atoms with van der Waals surface area (Å²) < 4.78 is 27.0. The topological polar surface area (TPSA) is 69.6 Å². The van der Waals surface area contributed by atoms with Gasteiger partial charge in [-0.15, -0.1) is 0 Å². The molecule has 1 aromatic rings. The van der Waals surface area contributed by atoms with Gasteiger partial charge < -0.3 is 15.5 Å². The Morgan fingerprint density at radius 3 is 2.61 bits per heavy atom. The van der Waals surface area contributed by atoms with Crippen molar-refractivity contribution in [3.63, 3.8) is 0 Å². The van der Waals surface area contributed by atoms with E-state index in [1.54, 1.807) is 0 Å². The van der Waals surface area contributed by atoms with Crippen LogP contribution >= 0.6 is 0 Å². The largest absolute Gasteiger partial charge is 0.393 e. The summed E-state index contributed by atoms with van der Waals surface area (Å²) in [5, 5.41) is 20.4. The van der Waals surface area contributed by atoms with Crippen molar-refractivity contribution in [2.75, 3.05) is 13.2 Å². The van der Waals surface area contributed by atoms with Crippen molar-refractivity contribution in [2.24, 2.45) is 0 Å². The zero-order valence-corrected chi connectivity index (χ0v) is 10.1. The summed E-state index contributed by atoms with van der Waals surface area (Å²) >= 11 is 0. The Bertz CT molecular complexity index is 461. The lowest BCUT2D eigenvalue weighted by atomic mass is 10.1. The van der Waals surface area contributed by atoms with Crippen LogP contribution in [0.2, 0.25) is 0 Å². The molecule has 18 heavy (non-hydrogen) atoms. The Balaban J connectivity index is 2.89. The molecule has 1 rings (SSSR count). The van der Waals surface area contributed by atoms with Crippen LogP contribution in [-0.2, 0) is 0 Å². The van der Waals surface area contributed by atoms with Gasteiger partial charge in [-0.05, 0) is 25.5 Å². The van der Waals surface area contributed by atoms with Gasteiger partial charge in [-0.25, -0.2) is 8.78 Å². The summed E-state index contributed by atoms with van der Waals surface area (Å²) in [5.74, 6) is -2.88. The number of carbonyl (C=O) groups excluding carboxylic acids is 1. The fourth-order valence-electron chi connectivity index (χ4n) is 1.28. The maximum Gasteiger partial charge on any atom is 0.257 e. The SMILES string of the molecule is Cc1ccc(F)c(C(=O)NCC(C)(O)CO)c1F. The van der Waals surface area contributed by atoms with Gasteiger partial charge in [0.15, 0.2) is 0 Å². The fourth-order valence-corrected chi connectivity index (χ4v) is 1.28. The Morgan fingerprint density at radius 1 is 1.44 bits per heavy atom. The normalized spacial score (nSPS) is 14.1. The van der Waals surface area contributed by atoms with Gasteiger partial charge in [0, 0.05) is 6.54 Å². The molecule has 0 aliphatic carbocycles. The van der Waals surface area contributed by atoms with Crippen molar-refractivity contribution < 1.29 is 23.8 Å². The predicted molar refractivity (Wildman–Crippen MR) is 61.1 cm³/mol. The summed E-state index contributed by atoms with van der Waals surface area (Å²) in [7, 11) is 0. The molecule has 1 atom stereocenters. The van der Waals surface area contributed by atoms with Gasteiger partial charge in [0.25, 0.3) is 5.91 Å². The highest BCUT2D eigenvalue weighted by Gasteiger charge is 2.23. The van der Waals surface area contributed by atoms with E-state index >= 15 is 0 Å². The second-order valence-corrected chi connectivity index (χ2v) is 4.39. The second-order valence-electron chi connectivity index (χ2n) is 4.39. The Labute approximate surface area is 103 Å². The van der Waals surface area contributed by atoms with Crippen molar-refractivity contribution in [3.05, 3.63) is 34.9 Å². The predicted octanol–water partition coefficient (Wildman–Crippen LogP) is 0.746. The Morgan fingerprint density at radius 2 is 2.06 bits per heavy atom. The summed E-state index contributed by atoms with van der Waals surface area (Å²) in [4.78, 5) is 11.6. The Hall–Kier alpha value is -1.53. The second kappa shape index (κ2) is 5.41. The molecule has 0 radical (unpaired) electrons. The van der Waals surface area contributed by atoms with Crippen LogP contribution in [0.5, 0.6) is 0 Å². The number of benzene rings is 1. The first kappa shape index (κ1) is 14.5. The minimum atomic E-state index is -1.54. The molecular formula is C12H15F2NO3. The number of halogens is 2. The summed E-state index contributed by atoms with van der Waals surface area (Å²) in [6, 6.07) is 2.23. The van der Waals surface area contributed by atoms with E-state index in [4.69, 9.17) is 5.11 Å². The van der Waals surface area contributed by atoms with Crippen molar-refractivity contribution in [1.82, 2.24) is 5.32 Å². The number of aliphatic hydroxyl groups excluding tert-OH is 1. The molecular weight excluding hydrogens is 244 g/mol. The van der Waals surface area contributed by atoms with Crippen LogP contribution in [0.25, 0.3) is 0 Å². The van der Waals surface area contributed by atoms with Gasteiger partial charge >= 0.3 is 0 Å². The molecule has 0 aromatic heterocycles. The number of nitrogens with one attached hydrogen (secondary N) is 1. The third-order valence-electron chi connectivity index (χ3n) is 2.48. The van der Waals surface area contributed by atoms with E-state index in [2.05, 4.69) is 5.32 Å². The average molecular weight is 259 g/mol. The third kappa shape index (κ3) is 3.24. The van der Waals surface area contributed by atoms with Crippen molar-refractivity contribution in [2.45, 2.75) is 19.4 Å². The molecule has 6 heteroatoms. The highest BCUT2D eigenvalue weighted by atomic mass is 19.1. The van der Waals surface area contributed by atoms with Crippen LogP contribution in [0.1, 0.15) is 22.8 Å². The number of carbonyl (C=O) groups is 1. The zero-order chi connectivity index (χ0) is 13.9. The molecule has 0 bridgehead atoms. The number of aliphatic hydroxyl groups is 2. The quantitative estimate of drug-likeness (QED) is 0.747. The number of hydrogen-bond acceptors (Lipinski definition) is 3. The van der Waals surface area contributed by atoms with Gasteiger partial charge in [0.2, 0.25) is 0 Å². The molecule has 0 saturated heterocycles. The van der Waals surface area contributed by atoms with Gasteiger partial charge in [0.1, 0.15) is 22.8 Å². The van der Waals surface area contributed by atoms with Crippen molar-refractivity contribution >= 4 is 5.91 Å². The summed E-state index contributed by atoms with van der Waals surface area (Å²) in [6.45, 7) is 1.81. The van der Waals surface area contributed by atoms with E-state index in [9.17, 15) is 18.7 Å². The van der Waals surface area contributed by atoms with Gasteiger partial charge in [-0.3, -0.25) is 4.79 Å². The van der Waals surface area contributed by atoms with E-state index in [0.717, 1.165) is 6.07 Å². The molecule has 1 aromatic carbocycles. The van der Waals surface area contributed by atoms with Crippen LogP contribution in [0.4, 0.5) is 8.78 Å². The molecule has 0 aliphatic heterocycles. The van der Waals surface area contributed by atoms with Gasteiger partial charge in [-0.2, -0.15) is 0 Å². The lowest BCUT2D eigenvalue weighted by Gasteiger charge is -2.20. The first-order chi connectivity index (χ1) is 8.28. The maximum atomic E-state index is 13.6. The molecule has 4 nitrogen and oxygen atoms in total. The van der Waals surface area contributed by atoms with Crippen LogP contribution < -0.4 is 5.32 Å². The first-order valence-corrected chi connectivity index (χ1v) is 5.34. The Kier molecular flexibility index (Phi) is 4.37. The molecule has 0 spiro atoms. The number of rotatable bonds is 4. The lowest BCUT2D eigenvalue weighted by molar-refractivity contribution is 0.00313. The van der Waals surface area contributed by atoms with E-state index in [-0.39, 0.29) is 12.1 Å². The first-order valence-electron chi connectivity index (χ1n) is 5.34. The van der Waals surface area contributed by atoms with E-state index in [1.165, 1.54) is 19.9 Å². The molecule has 0 aliphatic rings. The molecule has 1 amide bonds. The molecule has 0 fully saturated rings. The van der Waals surface area contributed by atoms with Gasteiger partial charge in [0.05, 0.1) is 6.61 Å². The van der Waals surface area contributed by atoms with E-state index in [1.807, 2.05) is 0 Å². The highest BCUT2D eigenvalue weighted by Crippen LogP contribution is 2.16. The minimum Gasteiger partial charge on any atom is -0.393 e. The van der Waals surface area contributed by atoms with Crippen LogP contribution in [0.3, 0.4) is 0 Å². The molecule has 3 N–H and O–H groups in total. The number of amides is 1. The number of aryl methyl sites for hydroxylation is 1. The van der Waals surface area contributed by atoms with Crippen LogP contribution in [-0.4, -0.2) is 34.9 Å².